The van der Waals surface area contributed by atoms with Crippen LogP contribution >= 0.6 is 11.3 Å². The number of aryl methyl sites for hydroxylation is 1. The molecular formula is C13H13N3O3S. The number of nitro groups is 1. The molecule has 7 heteroatoms. The number of nitrogens with two attached hydrogens (primary N) is 1. The molecule has 20 heavy (non-hydrogen) atoms. The van der Waals surface area contributed by atoms with Gasteiger partial charge in [0.15, 0.2) is 0 Å². The van der Waals surface area contributed by atoms with Crippen LogP contribution in [0.5, 0.6) is 0 Å². The van der Waals surface area contributed by atoms with E-state index in [0.29, 0.717) is 12.1 Å². The monoisotopic (exact) mass is 291 g/mol. The number of hydrogen-bond donors (Lipinski definition) is 2. The van der Waals surface area contributed by atoms with E-state index in [1.165, 1.54) is 23.1 Å². The molecule has 0 spiro atoms. The first-order valence-corrected chi connectivity index (χ1v) is 6.66. The Morgan fingerprint density at radius 3 is 2.70 bits per heavy atom. The topological polar surface area (TPSA) is 98.3 Å². The third kappa shape index (κ3) is 3.12. The average Bonchev–Trinajstić information content (AvgIpc) is 2.81. The van der Waals surface area contributed by atoms with Gasteiger partial charge in [0.2, 0.25) is 0 Å². The maximum atomic E-state index is 11.9. The fourth-order valence-electron chi connectivity index (χ4n) is 1.71. The molecule has 2 aromatic rings. The summed E-state index contributed by atoms with van der Waals surface area (Å²) in [4.78, 5) is 24.2. The predicted molar refractivity (Wildman–Crippen MR) is 77.7 cm³/mol. The molecule has 0 bridgehead atoms. The Labute approximate surface area is 119 Å². The van der Waals surface area contributed by atoms with Crippen molar-refractivity contribution in [3.8, 4) is 0 Å². The van der Waals surface area contributed by atoms with Crippen molar-refractivity contribution < 1.29 is 9.72 Å². The van der Waals surface area contributed by atoms with E-state index >= 15 is 0 Å². The summed E-state index contributed by atoms with van der Waals surface area (Å²) in [6, 6.07) is 7.87. The highest BCUT2D eigenvalue weighted by Crippen LogP contribution is 2.22. The van der Waals surface area contributed by atoms with E-state index < -0.39 is 4.92 Å². The second-order valence-corrected chi connectivity index (χ2v) is 5.60. The molecule has 104 valence electrons. The van der Waals surface area contributed by atoms with Gasteiger partial charge in [-0.15, -0.1) is 11.3 Å². The number of carbonyl (C=O) groups is 1. The maximum Gasteiger partial charge on any atom is 0.292 e. The van der Waals surface area contributed by atoms with E-state index in [1.807, 2.05) is 19.1 Å². The number of nitrogen functional groups attached to an aromatic ring is 1. The number of nitro benzene ring substituents is 1. The van der Waals surface area contributed by atoms with Crippen molar-refractivity contribution in [1.82, 2.24) is 5.32 Å². The Kier molecular flexibility index (Phi) is 3.99. The van der Waals surface area contributed by atoms with E-state index in [0.717, 1.165) is 4.88 Å². The molecule has 1 aromatic carbocycles. The molecule has 0 unspecified atom stereocenters. The maximum absolute atomic E-state index is 11.9. The van der Waals surface area contributed by atoms with Crippen LogP contribution < -0.4 is 11.1 Å². The van der Waals surface area contributed by atoms with Gasteiger partial charge in [-0.2, -0.15) is 0 Å². The minimum atomic E-state index is -0.578. The van der Waals surface area contributed by atoms with Crippen molar-refractivity contribution in [2.75, 3.05) is 5.73 Å². The van der Waals surface area contributed by atoms with Crippen LogP contribution in [0, 0.1) is 17.0 Å². The zero-order valence-corrected chi connectivity index (χ0v) is 11.6. The summed E-state index contributed by atoms with van der Waals surface area (Å²) >= 11 is 1.61. The zero-order valence-electron chi connectivity index (χ0n) is 10.8. The SMILES string of the molecule is Cc1ccc(CNC(=O)c2ccc([N+](=O)[O-])c(N)c2)s1. The molecule has 0 saturated heterocycles. The largest absolute Gasteiger partial charge is 0.393 e. The van der Waals surface area contributed by atoms with Crippen LogP contribution in [0.3, 0.4) is 0 Å². The van der Waals surface area contributed by atoms with Crippen LogP contribution in [0.2, 0.25) is 0 Å². The summed E-state index contributed by atoms with van der Waals surface area (Å²) in [6.07, 6.45) is 0. The van der Waals surface area contributed by atoms with E-state index in [2.05, 4.69) is 5.32 Å². The van der Waals surface area contributed by atoms with Crippen LogP contribution in [0.1, 0.15) is 20.1 Å². The first kappa shape index (κ1) is 14.0. The highest BCUT2D eigenvalue weighted by molar-refractivity contribution is 7.11. The van der Waals surface area contributed by atoms with Crippen molar-refractivity contribution in [3.05, 3.63) is 55.8 Å². The first-order valence-electron chi connectivity index (χ1n) is 5.85. The third-order valence-corrected chi connectivity index (χ3v) is 3.71. The Hall–Kier alpha value is -2.41. The summed E-state index contributed by atoms with van der Waals surface area (Å²) in [5.74, 6) is -0.308. The third-order valence-electron chi connectivity index (χ3n) is 2.71. The van der Waals surface area contributed by atoms with Gasteiger partial charge in [-0.1, -0.05) is 0 Å². The average molecular weight is 291 g/mol. The van der Waals surface area contributed by atoms with Crippen LogP contribution in [-0.2, 0) is 6.54 Å². The molecule has 2 rings (SSSR count). The minimum Gasteiger partial charge on any atom is -0.393 e. The summed E-state index contributed by atoms with van der Waals surface area (Å²) < 4.78 is 0. The predicted octanol–water partition coefficient (Wildman–Crippen LogP) is 2.48. The Balaban J connectivity index is 2.06. The van der Waals surface area contributed by atoms with Crippen LogP contribution in [0.4, 0.5) is 11.4 Å². The van der Waals surface area contributed by atoms with Crippen molar-refractivity contribution in [3.63, 3.8) is 0 Å². The zero-order chi connectivity index (χ0) is 14.7. The molecule has 0 aliphatic heterocycles. The highest BCUT2D eigenvalue weighted by Gasteiger charge is 2.14. The molecule has 0 radical (unpaired) electrons. The van der Waals surface area contributed by atoms with Gasteiger partial charge in [0.1, 0.15) is 5.69 Å². The lowest BCUT2D eigenvalue weighted by atomic mass is 10.1. The van der Waals surface area contributed by atoms with Gasteiger partial charge in [0, 0.05) is 21.4 Å². The number of anilines is 1. The van der Waals surface area contributed by atoms with Crippen molar-refractivity contribution >= 4 is 28.6 Å². The van der Waals surface area contributed by atoms with Crippen molar-refractivity contribution in [1.29, 1.82) is 0 Å². The van der Waals surface area contributed by atoms with E-state index in [4.69, 9.17) is 5.73 Å². The van der Waals surface area contributed by atoms with Crippen LogP contribution in [0.15, 0.2) is 30.3 Å². The van der Waals surface area contributed by atoms with Crippen molar-refractivity contribution in [2.24, 2.45) is 0 Å². The van der Waals surface area contributed by atoms with Gasteiger partial charge in [0.05, 0.1) is 11.5 Å². The minimum absolute atomic E-state index is 0.0189. The van der Waals surface area contributed by atoms with E-state index in [1.54, 1.807) is 11.3 Å². The molecule has 0 aliphatic rings. The first-order chi connectivity index (χ1) is 9.47. The molecule has 0 saturated carbocycles. The highest BCUT2D eigenvalue weighted by atomic mass is 32.1. The smallest absolute Gasteiger partial charge is 0.292 e. The second-order valence-electron chi connectivity index (χ2n) is 4.23. The van der Waals surface area contributed by atoms with Gasteiger partial charge in [-0.25, -0.2) is 0 Å². The molecule has 1 heterocycles. The summed E-state index contributed by atoms with van der Waals surface area (Å²) in [7, 11) is 0. The Bertz CT molecular complexity index is 667. The summed E-state index contributed by atoms with van der Waals surface area (Å²) in [6.45, 7) is 2.42. The number of amides is 1. The van der Waals surface area contributed by atoms with Crippen LogP contribution in [0.25, 0.3) is 0 Å². The molecule has 1 aromatic heterocycles. The molecule has 1 amide bonds. The second kappa shape index (κ2) is 5.70. The number of benzene rings is 1. The van der Waals surface area contributed by atoms with Gasteiger partial charge < -0.3 is 11.1 Å². The Morgan fingerprint density at radius 2 is 2.15 bits per heavy atom. The van der Waals surface area contributed by atoms with Gasteiger partial charge in [0.25, 0.3) is 11.6 Å². The number of rotatable bonds is 4. The summed E-state index contributed by atoms with van der Waals surface area (Å²) in [5.41, 5.74) is 5.64. The molecule has 3 N–H and O–H groups in total. The van der Waals surface area contributed by atoms with Crippen LogP contribution in [-0.4, -0.2) is 10.8 Å². The Morgan fingerprint density at radius 1 is 1.40 bits per heavy atom. The lowest BCUT2D eigenvalue weighted by Crippen LogP contribution is -2.22. The lowest BCUT2D eigenvalue weighted by molar-refractivity contribution is -0.383. The number of nitrogens with zero attached hydrogens (tertiary/aromatic N) is 1. The number of nitrogens with one attached hydrogen (secondary N) is 1. The number of hydrogen-bond acceptors (Lipinski definition) is 5. The van der Waals surface area contributed by atoms with Gasteiger partial charge >= 0.3 is 0 Å². The molecular weight excluding hydrogens is 278 g/mol. The van der Waals surface area contributed by atoms with Crippen molar-refractivity contribution in [2.45, 2.75) is 13.5 Å². The standard InChI is InChI=1S/C13H13N3O3S/c1-8-2-4-10(20-8)7-15-13(17)9-3-5-12(16(18)19)11(14)6-9/h2-6H,7,14H2,1H3,(H,15,17). The van der Waals surface area contributed by atoms with Gasteiger partial charge in [-0.3, -0.25) is 14.9 Å². The fraction of sp³-hybridized carbons (Fsp3) is 0.154. The normalized spacial score (nSPS) is 10.2. The fourth-order valence-corrected chi connectivity index (χ4v) is 2.54. The van der Waals surface area contributed by atoms with E-state index in [9.17, 15) is 14.9 Å². The molecule has 6 nitrogen and oxygen atoms in total. The summed E-state index contributed by atoms with van der Waals surface area (Å²) in [5, 5.41) is 13.4. The molecule has 0 fully saturated rings. The van der Waals surface area contributed by atoms with E-state index in [-0.39, 0.29) is 17.3 Å². The number of carbonyl (C=O) groups excluding carboxylic acids is 1. The quantitative estimate of drug-likeness (QED) is 0.513. The number of thiophene rings is 1. The lowest BCUT2D eigenvalue weighted by Gasteiger charge is -2.05. The molecule has 0 atom stereocenters. The molecule has 0 aliphatic carbocycles. The van der Waals surface area contributed by atoms with Gasteiger partial charge in [-0.05, 0) is 31.2 Å².